The Morgan fingerprint density at radius 1 is 1.33 bits per heavy atom. The minimum absolute atomic E-state index is 0.136. The van der Waals surface area contributed by atoms with Crippen molar-refractivity contribution in [3.8, 4) is 0 Å². The number of hydrogen-bond donors (Lipinski definition) is 0. The van der Waals surface area contributed by atoms with Crippen LogP contribution < -0.4 is 0 Å². The molecule has 1 unspecified atom stereocenters. The lowest BCUT2D eigenvalue weighted by atomic mass is 9.96. The molecule has 3 atom stereocenters. The fourth-order valence-corrected chi connectivity index (χ4v) is 4.09. The van der Waals surface area contributed by atoms with Gasteiger partial charge in [0.05, 0.1) is 6.20 Å². The molecule has 0 N–H and O–H groups in total. The van der Waals surface area contributed by atoms with Crippen LogP contribution >= 0.6 is 0 Å². The van der Waals surface area contributed by atoms with Gasteiger partial charge in [0.25, 0.3) is 0 Å². The summed E-state index contributed by atoms with van der Waals surface area (Å²) in [6.45, 7) is 6.70. The summed E-state index contributed by atoms with van der Waals surface area (Å²) in [4.78, 5) is 16.9. The van der Waals surface area contributed by atoms with E-state index < -0.39 is 5.60 Å². The maximum Gasteiger partial charge on any atom is 0.410 e. The molecule has 0 saturated carbocycles. The molecule has 3 heterocycles. The van der Waals surface area contributed by atoms with Crippen LogP contribution in [0.4, 0.5) is 4.79 Å². The van der Waals surface area contributed by atoms with Crippen molar-refractivity contribution in [1.82, 2.24) is 19.6 Å². The maximum absolute atomic E-state index is 12.5. The molecule has 3 rings (SSSR count). The SMILES string of the molecule is CN(Cc1cnn(C)c1)C1C[C@H]2CC[C@@H](C1)N2C(=O)OC(C)(C)C. The molecule has 6 heteroatoms. The van der Waals surface area contributed by atoms with E-state index in [-0.39, 0.29) is 6.09 Å². The molecular formula is C18H30N4O2. The van der Waals surface area contributed by atoms with Crippen molar-refractivity contribution in [3.05, 3.63) is 18.0 Å². The average Bonchev–Trinajstić information content (AvgIpc) is 2.98. The van der Waals surface area contributed by atoms with E-state index in [0.717, 1.165) is 32.2 Å². The molecular weight excluding hydrogens is 304 g/mol. The lowest BCUT2D eigenvalue weighted by Gasteiger charge is -2.42. The largest absolute Gasteiger partial charge is 0.444 e. The third-order valence-electron chi connectivity index (χ3n) is 5.13. The molecule has 6 nitrogen and oxygen atoms in total. The van der Waals surface area contributed by atoms with E-state index in [9.17, 15) is 4.79 Å². The van der Waals surface area contributed by atoms with Crippen molar-refractivity contribution >= 4 is 6.09 Å². The van der Waals surface area contributed by atoms with Crippen molar-refractivity contribution in [2.24, 2.45) is 7.05 Å². The lowest BCUT2D eigenvalue weighted by molar-refractivity contribution is -0.00277. The third kappa shape index (κ3) is 3.74. The Hall–Kier alpha value is -1.56. The number of amides is 1. The van der Waals surface area contributed by atoms with Crippen molar-refractivity contribution in [2.75, 3.05) is 7.05 Å². The summed E-state index contributed by atoms with van der Waals surface area (Å²) in [5.74, 6) is 0. The van der Waals surface area contributed by atoms with Crippen LogP contribution in [0.25, 0.3) is 0 Å². The number of ether oxygens (including phenoxy) is 1. The Labute approximate surface area is 144 Å². The van der Waals surface area contributed by atoms with Gasteiger partial charge in [-0.25, -0.2) is 4.79 Å². The molecule has 1 aromatic rings. The first-order valence-electron chi connectivity index (χ1n) is 8.92. The molecule has 1 amide bonds. The highest BCUT2D eigenvalue weighted by Gasteiger charge is 2.45. The first-order chi connectivity index (χ1) is 11.2. The summed E-state index contributed by atoms with van der Waals surface area (Å²) < 4.78 is 7.46. The fraction of sp³-hybridized carbons (Fsp3) is 0.778. The van der Waals surface area contributed by atoms with E-state index in [1.165, 1.54) is 5.56 Å². The lowest BCUT2D eigenvalue weighted by Crippen LogP contribution is -2.52. The minimum Gasteiger partial charge on any atom is -0.444 e. The highest BCUT2D eigenvalue weighted by molar-refractivity contribution is 5.69. The number of fused-ring (bicyclic) bond motifs is 2. The Kier molecular flexibility index (Phi) is 4.60. The number of aromatic nitrogens is 2. The van der Waals surface area contributed by atoms with Crippen LogP contribution in [0.3, 0.4) is 0 Å². The van der Waals surface area contributed by atoms with Crippen LogP contribution in [-0.4, -0.2) is 56.4 Å². The molecule has 2 bridgehead atoms. The number of hydrogen-bond acceptors (Lipinski definition) is 4. The predicted octanol–water partition coefficient (Wildman–Crippen LogP) is 2.78. The maximum atomic E-state index is 12.5. The van der Waals surface area contributed by atoms with Gasteiger partial charge in [-0.2, -0.15) is 5.10 Å². The van der Waals surface area contributed by atoms with Crippen molar-refractivity contribution in [1.29, 1.82) is 0 Å². The summed E-state index contributed by atoms with van der Waals surface area (Å²) in [7, 11) is 4.13. The second-order valence-corrected chi connectivity index (χ2v) is 8.34. The van der Waals surface area contributed by atoms with Gasteiger partial charge in [-0.1, -0.05) is 0 Å². The predicted molar refractivity (Wildman–Crippen MR) is 92.6 cm³/mol. The standard InChI is InChI=1S/C18H30N4O2/c1-18(2,3)24-17(23)22-14-6-7-15(22)9-16(8-14)20(4)11-13-10-19-21(5)12-13/h10,12,14-16H,6-9,11H2,1-5H3/t14-,15+,16?. The van der Waals surface area contributed by atoms with Crippen molar-refractivity contribution < 1.29 is 9.53 Å². The van der Waals surface area contributed by atoms with E-state index in [2.05, 4.69) is 23.2 Å². The van der Waals surface area contributed by atoms with Gasteiger partial charge in [0, 0.05) is 43.5 Å². The highest BCUT2D eigenvalue weighted by Crippen LogP contribution is 2.38. The molecule has 0 radical (unpaired) electrons. The van der Waals surface area contributed by atoms with Crippen molar-refractivity contribution in [2.45, 2.75) is 76.7 Å². The molecule has 24 heavy (non-hydrogen) atoms. The smallest absolute Gasteiger partial charge is 0.410 e. The van der Waals surface area contributed by atoms with Crippen LogP contribution in [0.5, 0.6) is 0 Å². The monoisotopic (exact) mass is 334 g/mol. The van der Waals surface area contributed by atoms with E-state index in [1.54, 1.807) is 0 Å². The minimum atomic E-state index is -0.426. The van der Waals surface area contributed by atoms with Gasteiger partial charge < -0.3 is 9.64 Å². The number of carbonyl (C=O) groups excluding carboxylic acids is 1. The first-order valence-corrected chi connectivity index (χ1v) is 8.92. The van der Waals surface area contributed by atoms with E-state index in [0.29, 0.717) is 18.1 Å². The van der Waals surface area contributed by atoms with Crippen LogP contribution in [0.1, 0.15) is 52.0 Å². The van der Waals surface area contributed by atoms with Crippen molar-refractivity contribution in [3.63, 3.8) is 0 Å². The second kappa shape index (κ2) is 6.39. The van der Waals surface area contributed by atoms with Gasteiger partial charge in [-0.3, -0.25) is 9.58 Å². The normalized spacial score (nSPS) is 26.9. The van der Waals surface area contributed by atoms with Crippen LogP contribution in [-0.2, 0) is 18.3 Å². The molecule has 2 fully saturated rings. The summed E-state index contributed by atoms with van der Waals surface area (Å²) in [5.41, 5.74) is 0.812. The average molecular weight is 334 g/mol. The zero-order chi connectivity index (χ0) is 17.5. The molecule has 0 aliphatic carbocycles. The van der Waals surface area contributed by atoms with Gasteiger partial charge in [0.15, 0.2) is 0 Å². The molecule has 2 aliphatic rings. The first kappa shape index (κ1) is 17.3. The molecule has 134 valence electrons. The molecule has 0 aromatic carbocycles. The summed E-state index contributed by atoms with van der Waals surface area (Å²) in [5, 5.41) is 4.25. The fourth-order valence-electron chi connectivity index (χ4n) is 4.09. The second-order valence-electron chi connectivity index (χ2n) is 8.34. The Morgan fingerprint density at radius 2 is 1.96 bits per heavy atom. The molecule has 1 aromatic heterocycles. The summed E-state index contributed by atoms with van der Waals surface area (Å²) in [6.07, 6.45) is 8.13. The number of piperidine rings is 1. The number of aryl methyl sites for hydroxylation is 1. The van der Waals surface area contributed by atoms with Gasteiger partial charge in [0.1, 0.15) is 5.60 Å². The number of nitrogens with zero attached hydrogens (tertiary/aromatic N) is 4. The summed E-state index contributed by atoms with van der Waals surface area (Å²) in [6, 6.07) is 1.15. The van der Waals surface area contributed by atoms with E-state index in [1.807, 2.05) is 43.6 Å². The Balaban J connectivity index is 1.61. The number of rotatable bonds is 3. The van der Waals surface area contributed by atoms with Gasteiger partial charge >= 0.3 is 6.09 Å². The molecule has 2 aliphatic heterocycles. The Morgan fingerprint density at radius 3 is 2.46 bits per heavy atom. The zero-order valence-electron chi connectivity index (χ0n) is 15.5. The molecule has 0 spiro atoms. The van der Waals surface area contributed by atoms with Crippen LogP contribution in [0, 0.1) is 0 Å². The highest BCUT2D eigenvalue weighted by atomic mass is 16.6. The van der Waals surface area contributed by atoms with Crippen LogP contribution in [0.2, 0.25) is 0 Å². The topological polar surface area (TPSA) is 50.6 Å². The number of carbonyl (C=O) groups is 1. The van der Waals surface area contributed by atoms with Gasteiger partial charge in [-0.15, -0.1) is 0 Å². The quantitative estimate of drug-likeness (QED) is 0.853. The van der Waals surface area contributed by atoms with Gasteiger partial charge in [0.2, 0.25) is 0 Å². The molecule has 2 saturated heterocycles. The summed E-state index contributed by atoms with van der Waals surface area (Å²) >= 11 is 0. The Bertz CT molecular complexity index is 578. The zero-order valence-corrected chi connectivity index (χ0v) is 15.5. The third-order valence-corrected chi connectivity index (χ3v) is 5.13. The van der Waals surface area contributed by atoms with E-state index in [4.69, 9.17) is 4.74 Å². The van der Waals surface area contributed by atoms with E-state index >= 15 is 0 Å². The van der Waals surface area contributed by atoms with Crippen LogP contribution in [0.15, 0.2) is 12.4 Å². The van der Waals surface area contributed by atoms with Gasteiger partial charge in [-0.05, 0) is 53.5 Å².